The number of hydrogen-bond acceptors (Lipinski definition) is 4. The van der Waals surface area contributed by atoms with E-state index in [1.165, 1.54) is 0 Å². The fraction of sp³-hybridized carbons (Fsp3) is 0.273. The highest BCUT2D eigenvalue weighted by Gasteiger charge is 2.26. The van der Waals surface area contributed by atoms with Gasteiger partial charge in [-0.3, -0.25) is 9.89 Å². The van der Waals surface area contributed by atoms with Gasteiger partial charge in [0.25, 0.3) is 5.91 Å². The number of ether oxygens (including phenoxy) is 2. The van der Waals surface area contributed by atoms with Gasteiger partial charge in [0.05, 0.1) is 12.3 Å². The highest BCUT2D eigenvalue weighted by atomic mass is 35.5. The molecule has 0 unspecified atom stereocenters. The third-order valence-electron chi connectivity index (χ3n) is 4.88. The zero-order chi connectivity index (χ0) is 20.2. The first-order valence-corrected chi connectivity index (χ1v) is 9.98. The topological polar surface area (TPSA) is 67.5 Å². The van der Waals surface area contributed by atoms with Crippen molar-refractivity contribution in [2.45, 2.75) is 19.9 Å². The van der Waals surface area contributed by atoms with Crippen LogP contribution in [0.2, 0.25) is 5.02 Å². The van der Waals surface area contributed by atoms with Crippen molar-refractivity contribution in [3.8, 4) is 22.8 Å². The molecule has 2 heterocycles. The molecule has 6 nitrogen and oxygen atoms in total. The second kappa shape index (κ2) is 8.57. The fourth-order valence-electron chi connectivity index (χ4n) is 3.46. The molecule has 0 aliphatic carbocycles. The molecule has 0 radical (unpaired) electrons. The van der Waals surface area contributed by atoms with Gasteiger partial charge in [0.1, 0.15) is 0 Å². The van der Waals surface area contributed by atoms with E-state index >= 15 is 0 Å². The van der Waals surface area contributed by atoms with Crippen molar-refractivity contribution in [1.82, 2.24) is 15.1 Å². The number of fused-ring (bicyclic) bond motifs is 1. The van der Waals surface area contributed by atoms with E-state index in [-0.39, 0.29) is 12.5 Å². The van der Waals surface area contributed by atoms with Gasteiger partial charge in [-0.05, 0) is 31.2 Å². The van der Waals surface area contributed by atoms with Crippen LogP contribution in [0.1, 0.15) is 18.2 Å². The number of benzene rings is 2. The number of nitrogens with one attached hydrogen (secondary N) is 1. The highest BCUT2D eigenvalue weighted by molar-refractivity contribution is 6.30. The second-order valence-corrected chi connectivity index (χ2v) is 7.21. The molecule has 2 aromatic carbocycles. The first-order valence-electron chi connectivity index (χ1n) is 9.60. The molecular formula is C22H22ClN3O3. The number of nitrogens with zero attached hydrogens (tertiary/aromatic N) is 2. The minimum atomic E-state index is -0.0693. The van der Waals surface area contributed by atoms with Gasteiger partial charge in [-0.25, -0.2) is 0 Å². The van der Waals surface area contributed by atoms with Crippen LogP contribution in [0.25, 0.3) is 11.3 Å². The molecule has 1 aromatic heterocycles. The smallest absolute Gasteiger partial charge is 0.260 e. The van der Waals surface area contributed by atoms with E-state index < -0.39 is 0 Å². The Kier molecular flexibility index (Phi) is 5.71. The Bertz CT molecular complexity index is 1020. The van der Waals surface area contributed by atoms with E-state index in [2.05, 4.69) is 10.2 Å². The summed E-state index contributed by atoms with van der Waals surface area (Å²) in [6.45, 7) is 3.53. The van der Waals surface area contributed by atoms with Crippen LogP contribution in [-0.4, -0.2) is 40.8 Å². The molecule has 3 aromatic rings. The summed E-state index contributed by atoms with van der Waals surface area (Å²) in [6.07, 6.45) is 0.726. The van der Waals surface area contributed by atoms with Crippen LogP contribution in [-0.2, 0) is 17.8 Å². The number of para-hydroxylation sites is 2. The molecule has 7 heteroatoms. The van der Waals surface area contributed by atoms with Gasteiger partial charge in [-0.15, -0.1) is 0 Å². The van der Waals surface area contributed by atoms with Gasteiger partial charge >= 0.3 is 0 Å². The largest absolute Gasteiger partial charge is 0.490 e. The highest BCUT2D eigenvalue weighted by Crippen LogP contribution is 2.30. The average Bonchev–Trinajstić information content (AvgIpc) is 3.16. The lowest BCUT2D eigenvalue weighted by molar-refractivity contribution is -0.134. The van der Waals surface area contributed by atoms with Gasteiger partial charge in [-0.1, -0.05) is 35.9 Å². The van der Waals surface area contributed by atoms with Crippen LogP contribution in [0.5, 0.6) is 11.5 Å². The van der Waals surface area contributed by atoms with Gasteiger partial charge in [0.15, 0.2) is 18.1 Å². The first-order chi connectivity index (χ1) is 14.2. The zero-order valence-electron chi connectivity index (χ0n) is 16.2. The Hall–Kier alpha value is -2.99. The molecule has 0 saturated heterocycles. The molecule has 1 N–H and O–H groups in total. The van der Waals surface area contributed by atoms with Crippen molar-refractivity contribution >= 4 is 17.5 Å². The van der Waals surface area contributed by atoms with Crippen LogP contribution in [0.15, 0.2) is 48.5 Å². The number of aromatic amines is 1. The molecule has 0 saturated carbocycles. The maximum absolute atomic E-state index is 12.8. The molecule has 0 atom stereocenters. The van der Waals surface area contributed by atoms with E-state index in [0.717, 1.165) is 28.9 Å². The molecule has 1 aliphatic rings. The molecule has 1 aliphatic heterocycles. The Labute approximate surface area is 174 Å². The summed E-state index contributed by atoms with van der Waals surface area (Å²) in [4.78, 5) is 14.6. The van der Waals surface area contributed by atoms with Gasteiger partial charge in [0.2, 0.25) is 0 Å². The van der Waals surface area contributed by atoms with E-state index in [9.17, 15) is 4.79 Å². The van der Waals surface area contributed by atoms with Gasteiger partial charge in [-0.2, -0.15) is 5.10 Å². The quantitative estimate of drug-likeness (QED) is 0.663. The fourth-order valence-corrected chi connectivity index (χ4v) is 3.65. The average molecular weight is 412 g/mol. The maximum atomic E-state index is 12.8. The summed E-state index contributed by atoms with van der Waals surface area (Å²) in [6, 6.07) is 15.0. The summed E-state index contributed by atoms with van der Waals surface area (Å²) in [5.74, 6) is 1.14. The first kappa shape index (κ1) is 19.3. The second-order valence-electron chi connectivity index (χ2n) is 6.77. The van der Waals surface area contributed by atoms with Crippen molar-refractivity contribution in [3.05, 3.63) is 64.8 Å². The standard InChI is InChI=1S/C22H22ClN3O3/c1-2-28-19-8-3-4-9-20(19)29-14-21(27)26-11-10-18-17(13-26)22(25-24-18)15-6-5-7-16(23)12-15/h3-9,12H,2,10-11,13-14H2,1H3,(H,24,25). The number of amides is 1. The van der Waals surface area contributed by atoms with Crippen molar-refractivity contribution in [1.29, 1.82) is 0 Å². The molecule has 0 spiro atoms. The third-order valence-corrected chi connectivity index (χ3v) is 5.12. The number of aromatic nitrogens is 2. The number of rotatable bonds is 6. The molecule has 1 amide bonds. The van der Waals surface area contributed by atoms with Gasteiger partial charge < -0.3 is 14.4 Å². The van der Waals surface area contributed by atoms with Crippen LogP contribution in [0.3, 0.4) is 0 Å². The summed E-state index contributed by atoms with van der Waals surface area (Å²) in [7, 11) is 0. The summed E-state index contributed by atoms with van der Waals surface area (Å²) in [5, 5.41) is 8.22. The molecule has 0 bridgehead atoms. The Balaban J connectivity index is 1.46. The Morgan fingerprint density at radius 2 is 1.97 bits per heavy atom. The maximum Gasteiger partial charge on any atom is 0.260 e. The van der Waals surface area contributed by atoms with Crippen LogP contribution in [0.4, 0.5) is 0 Å². The lowest BCUT2D eigenvalue weighted by atomic mass is 10.0. The molecule has 0 fully saturated rings. The monoisotopic (exact) mass is 411 g/mol. The van der Waals surface area contributed by atoms with E-state index in [1.54, 1.807) is 11.0 Å². The summed E-state index contributed by atoms with van der Waals surface area (Å²) >= 11 is 6.13. The number of carbonyl (C=O) groups excluding carboxylic acids is 1. The van der Waals surface area contributed by atoms with Crippen molar-refractivity contribution in [3.63, 3.8) is 0 Å². The van der Waals surface area contributed by atoms with Crippen molar-refractivity contribution < 1.29 is 14.3 Å². The predicted octanol–water partition coefficient (Wildman–Crippen LogP) is 4.09. The number of hydrogen-bond donors (Lipinski definition) is 1. The predicted molar refractivity (Wildman–Crippen MR) is 111 cm³/mol. The number of H-pyrrole nitrogens is 1. The molecule has 4 rings (SSSR count). The van der Waals surface area contributed by atoms with Crippen LogP contribution in [0, 0.1) is 0 Å². The van der Waals surface area contributed by atoms with E-state index in [1.807, 2.05) is 49.4 Å². The Morgan fingerprint density at radius 1 is 1.17 bits per heavy atom. The number of carbonyl (C=O) groups is 1. The normalized spacial score (nSPS) is 13.1. The van der Waals surface area contributed by atoms with Crippen molar-refractivity contribution in [2.75, 3.05) is 19.8 Å². The summed E-state index contributed by atoms with van der Waals surface area (Å²) < 4.78 is 11.3. The van der Waals surface area contributed by atoms with E-state index in [4.69, 9.17) is 21.1 Å². The van der Waals surface area contributed by atoms with Crippen molar-refractivity contribution in [2.24, 2.45) is 0 Å². The molecular weight excluding hydrogens is 390 g/mol. The van der Waals surface area contributed by atoms with Gasteiger partial charge in [0, 0.05) is 41.4 Å². The Morgan fingerprint density at radius 3 is 2.72 bits per heavy atom. The van der Waals surface area contributed by atoms with Crippen LogP contribution >= 0.6 is 11.6 Å². The SMILES string of the molecule is CCOc1ccccc1OCC(=O)N1CCc2[nH]nc(-c3cccc(Cl)c3)c2C1. The molecule has 150 valence electrons. The zero-order valence-corrected chi connectivity index (χ0v) is 16.9. The lowest BCUT2D eigenvalue weighted by Crippen LogP contribution is -2.38. The molecule has 29 heavy (non-hydrogen) atoms. The van der Waals surface area contributed by atoms with Crippen LogP contribution < -0.4 is 9.47 Å². The number of halogens is 1. The summed E-state index contributed by atoms with van der Waals surface area (Å²) in [5.41, 5.74) is 3.86. The lowest BCUT2D eigenvalue weighted by Gasteiger charge is -2.27. The minimum absolute atomic E-state index is 0.0379. The minimum Gasteiger partial charge on any atom is -0.490 e. The third kappa shape index (κ3) is 4.22. The van der Waals surface area contributed by atoms with E-state index in [0.29, 0.717) is 36.2 Å².